The molecular weight excluding hydrogens is 338 g/mol. The number of rotatable bonds is 9. The van der Waals surface area contributed by atoms with E-state index in [2.05, 4.69) is 10.6 Å². The minimum atomic E-state index is -0.482. The lowest BCUT2D eigenvalue weighted by Gasteiger charge is -2.21. The number of carbonyl (C=O) groups excluding carboxylic acids is 2. The van der Waals surface area contributed by atoms with Gasteiger partial charge in [0.2, 0.25) is 5.91 Å². The van der Waals surface area contributed by atoms with Crippen LogP contribution in [-0.4, -0.2) is 43.6 Å². The molecule has 0 saturated carbocycles. The Hall–Kier alpha value is -2.22. The van der Waals surface area contributed by atoms with Gasteiger partial charge in [0.25, 0.3) is 0 Å². The Balaban J connectivity index is 1.80. The summed E-state index contributed by atoms with van der Waals surface area (Å²) in [7, 11) is 1.62. The van der Waals surface area contributed by atoms with Crippen LogP contribution in [0, 0.1) is 0 Å². The molecule has 7 heteroatoms. The number of benzene rings is 1. The molecule has 1 heterocycles. The van der Waals surface area contributed by atoms with E-state index in [0.717, 1.165) is 10.4 Å². The smallest absolute Gasteiger partial charge is 0.321 e. The lowest BCUT2D eigenvalue weighted by atomic mass is 10.2. The lowest BCUT2D eigenvalue weighted by Crippen LogP contribution is -2.44. The minimum Gasteiger partial charge on any atom is -0.383 e. The second-order valence-electron chi connectivity index (χ2n) is 5.50. The Kier molecular flexibility index (Phi) is 8.11. The number of nitrogens with one attached hydrogen (secondary N) is 2. The van der Waals surface area contributed by atoms with Gasteiger partial charge in [-0.3, -0.25) is 15.0 Å². The van der Waals surface area contributed by atoms with Crippen LogP contribution < -0.4 is 10.6 Å². The van der Waals surface area contributed by atoms with Gasteiger partial charge in [-0.05, 0) is 17.0 Å². The topological polar surface area (TPSA) is 70.7 Å². The Morgan fingerprint density at radius 3 is 2.64 bits per heavy atom. The van der Waals surface area contributed by atoms with Crippen molar-refractivity contribution in [3.63, 3.8) is 0 Å². The van der Waals surface area contributed by atoms with E-state index in [9.17, 15) is 9.59 Å². The molecule has 3 amide bonds. The first kappa shape index (κ1) is 19.1. The third-order valence-electron chi connectivity index (χ3n) is 3.48. The predicted molar refractivity (Wildman–Crippen MR) is 98.3 cm³/mol. The predicted octanol–water partition coefficient (Wildman–Crippen LogP) is 2.22. The highest BCUT2D eigenvalue weighted by molar-refractivity contribution is 7.09. The van der Waals surface area contributed by atoms with Crippen molar-refractivity contribution in [3.05, 3.63) is 58.3 Å². The van der Waals surface area contributed by atoms with Crippen molar-refractivity contribution in [2.75, 3.05) is 26.8 Å². The molecule has 0 atom stereocenters. The standard InChI is InChI=1S/C18H23N3O3S/c1-24-10-9-21(13-15-6-3-2-4-7-15)14-17(22)20-18(23)19-12-16-8-5-11-25-16/h2-8,11H,9-10,12-14H2,1H3,(H2,19,20,22,23). The van der Waals surface area contributed by atoms with Crippen molar-refractivity contribution in [2.24, 2.45) is 0 Å². The van der Waals surface area contributed by atoms with E-state index in [1.165, 1.54) is 0 Å². The third-order valence-corrected chi connectivity index (χ3v) is 4.36. The monoisotopic (exact) mass is 361 g/mol. The van der Waals surface area contributed by atoms with E-state index in [1.807, 2.05) is 52.7 Å². The van der Waals surface area contributed by atoms with Crippen LogP contribution in [0.4, 0.5) is 4.79 Å². The molecule has 0 saturated heterocycles. The van der Waals surface area contributed by atoms with Crippen molar-refractivity contribution in [3.8, 4) is 0 Å². The van der Waals surface area contributed by atoms with E-state index in [-0.39, 0.29) is 12.5 Å². The third kappa shape index (κ3) is 7.47. The Labute approximate surface area is 151 Å². The van der Waals surface area contributed by atoms with Gasteiger partial charge in [-0.2, -0.15) is 0 Å². The summed E-state index contributed by atoms with van der Waals surface area (Å²) in [5.41, 5.74) is 1.11. The van der Waals surface area contributed by atoms with Crippen molar-refractivity contribution in [1.29, 1.82) is 0 Å². The fourth-order valence-electron chi connectivity index (χ4n) is 2.27. The van der Waals surface area contributed by atoms with Gasteiger partial charge < -0.3 is 10.1 Å². The molecule has 2 aromatic rings. The van der Waals surface area contributed by atoms with Crippen LogP contribution in [0.15, 0.2) is 47.8 Å². The van der Waals surface area contributed by atoms with Gasteiger partial charge in [-0.1, -0.05) is 36.4 Å². The van der Waals surface area contributed by atoms with Crippen LogP contribution >= 0.6 is 11.3 Å². The van der Waals surface area contributed by atoms with E-state index in [1.54, 1.807) is 18.4 Å². The largest absolute Gasteiger partial charge is 0.383 e. The Bertz CT molecular complexity index is 647. The average molecular weight is 361 g/mol. The summed E-state index contributed by atoms with van der Waals surface area (Å²) >= 11 is 1.56. The van der Waals surface area contributed by atoms with E-state index in [4.69, 9.17) is 4.74 Å². The number of hydrogen-bond acceptors (Lipinski definition) is 5. The van der Waals surface area contributed by atoms with Crippen molar-refractivity contribution < 1.29 is 14.3 Å². The summed E-state index contributed by atoms with van der Waals surface area (Å²) in [5, 5.41) is 6.99. The second-order valence-corrected chi connectivity index (χ2v) is 6.53. The molecule has 134 valence electrons. The zero-order chi connectivity index (χ0) is 17.9. The molecule has 0 aliphatic rings. The van der Waals surface area contributed by atoms with Gasteiger partial charge in [0.05, 0.1) is 19.7 Å². The highest BCUT2D eigenvalue weighted by atomic mass is 32.1. The first-order valence-corrected chi connectivity index (χ1v) is 8.90. The van der Waals surface area contributed by atoms with Crippen molar-refractivity contribution in [2.45, 2.75) is 13.1 Å². The molecule has 0 bridgehead atoms. The number of urea groups is 1. The molecule has 0 aliphatic carbocycles. The molecule has 0 radical (unpaired) electrons. The van der Waals surface area contributed by atoms with Crippen LogP contribution in [0.1, 0.15) is 10.4 Å². The van der Waals surface area contributed by atoms with Gasteiger partial charge >= 0.3 is 6.03 Å². The number of hydrogen-bond donors (Lipinski definition) is 2. The summed E-state index contributed by atoms with van der Waals surface area (Å²) in [6.07, 6.45) is 0. The SMILES string of the molecule is COCCN(CC(=O)NC(=O)NCc1cccs1)Cc1ccccc1. The van der Waals surface area contributed by atoms with Gasteiger partial charge in [0.1, 0.15) is 0 Å². The second kappa shape index (κ2) is 10.6. The normalized spacial score (nSPS) is 10.6. The summed E-state index contributed by atoms with van der Waals surface area (Å²) < 4.78 is 5.10. The van der Waals surface area contributed by atoms with Crippen LogP contribution in [-0.2, 0) is 22.6 Å². The van der Waals surface area contributed by atoms with Crippen LogP contribution in [0.25, 0.3) is 0 Å². The number of ether oxygens (including phenoxy) is 1. The first-order valence-electron chi connectivity index (χ1n) is 8.02. The number of carbonyl (C=O) groups is 2. The first-order chi connectivity index (χ1) is 12.2. The average Bonchev–Trinajstić information content (AvgIpc) is 3.12. The van der Waals surface area contributed by atoms with Gasteiger partial charge in [0, 0.05) is 25.1 Å². The highest BCUT2D eigenvalue weighted by Gasteiger charge is 2.13. The zero-order valence-corrected chi connectivity index (χ0v) is 15.1. The molecule has 2 N–H and O–H groups in total. The minimum absolute atomic E-state index is 0.130. The quantitative estimate of drug-likeness (QED) is 0.718. The molecule has 0 aliphatic heterocycles. The van der Waals surface area contributed by atoms with Crippen LogP contribution in [0.3, 0.4) is 0 Å². The molecular formula is C18H23N3O3S. The maximum atomic E-state index is 12.1. The zero-order valence-electron chi connectivity index (χ0n) is 14.2. The number of amides is 3. The van der Waals surface area contributed by atoms with Gasteiger partial charge in [0.15, 0.2) is 0 Å². The molecule has 0 spiro atoms. The van der Waals surface area contributed by atoms with Crippen molar-refractivity contribution >= 4 is 23.3 Å². The fraction of sp³-hybridized carbons (Fsp3) is 0.333. The lowest BCUT2D eigenvalue weighted by molar-refractivity contribution is -0.121. The van der Waals surface area contributed by atoms with Crippen LogP contribution in [0.5, 0.6) is 0 Å². The van der Waals surface area contributed by atoms with Gasteiger partial charge in [-0.15, -0.1) is 11.3 Å². The van der Waals surface area contributed by atoms with Crippen LogP contribution in [0.2, 0.25) is 0 Å². The summed E-state index contributed by atoms with van der Waals surface area (Å²) in [5.74, 6) is -0.337. The number of nitrogens with zero attached hydrogens (tertiary/aromatic N) is 1. The molecule has 2 rings (SSSR count). The molecule has 0 unspecified atom stereocenters. The molecule has 6 nitrogen and oxygen atoms in total. The van der Waals surface area contributed by atoms with E-state index >= 15 is 0 Å². The number of imide groups is 1. The summed E-state index contributed by atoms with van der Waals surface area (Å²) in [6, 6.07) is 13.2. The Morgan fingerprint density at radius 2 is 1.96 bits per heavy atom. The van der Waals surface area contributed by atoms with Crippen molar-refractivity contribution in [1.82, 2.24) is 15.5 Å². The number of thiophene rings is 1. The summed E-state index contributed by atoms with van der Waals surface area (Å²) in [4.78, 5) is 26.9. The van der Waals surface area contributed by atoms with E-state index in [0.29, 0.717) is 26.2 Å². The molecule has 0 fully saturated rings. The van der Waals surface area contributed by atoms with E-state index < -0.39 is 6.03 Å². The molecule has 1 aromatic heterocycles. The fourth-order valence-corrected chi connectivity index (χ4v) is 2.91. The Morgan fingerprint density at radius 1 is 1.16 bits per heavy atom. The maximum Gasteiger partial charge on any atom is 0.321 e. The maximum absolute atomic E-state index is 12.1. The number of methoxy groups -OCH3 is 1. The van der Waals surface area contributed by atoms with Gasteiger partial charge in [-0.25, -0.2) is 4.79 Å². The highest BCUT2D eigenvalue weighted by Crippen LogP contribution is 2.07. The summed E-state index contributed by atoms with van der Waals surface area (Å²) in [6.45, 7) is 2.29. The molecule has 1 aromatic carbocycles. The molecule has 25 heavy (non-hydrogen) atoms.